The van der Waals surface area contributed by atoms with Crippen LogP contribution in [0.4, 0.5) is 0 Å². The molecule has 0 spiro atoms. The molecule has 0 N–H and O–H groups in total. The van der Waals surface area contributed by atoms with Gasteiger partial charge in [-0.25, -0.2) is 8.42 Å². The van der Waals surface area contributed by atoms with E-state index in [0.717, 1.165) is 23.4 Å². The van der Waals surface area contributed by atoms with Crippen molar-refractivity contribution in [2.24, 2.45) is 0 Å². The molecule has 1 heterocycles. The molecule has 0 atom stereocenters. The highest BCUT2D eigenvalue weighted by Gasteiger charge is 2.30. The summed E-state index contributed by atoms with van der Waals surface area (Å²) in [6, 6.07) is 11.4. The zero-order valence-corrected chi connectivity index (χ0v) is 17.5. The van der Waals surface area contributed by atoms with Crippen LogP contribution in [0.3, 0.4) is 0 Å². The van der Waals surface area contributed by atoms with Crippen molar-refractivity contribution < 1.29 is 13.2 Å². The first-order valence-electron chi connectivity index (χ1n) is 8.93. The normalized spacial score (nSPS) is 16.4. The lowest BCUT2D eigenvalue weighted by Crippen LogP contribution is -2.48. The lowest BCUT2D eigenvalue weighted by Gasteiger charge is -2.34. The molecule has 1 aliphatic rings. The second-order valence-corrected chi connectivity index (χ2v) is 9.21. The molecule has 3 rings (SSSR count). The Morgan fingerprint density at radius 2 is 1.74 bits per heavy atom. The number of rotatable bonds is 5. The van der Waals surface area contributed by atoms with Crippen LogP contribution >= 0.6 is 11.6 Å². The Bertz CT molecular complexity index is 923. The van der Waals surface area contributed by atoms with Crippen LogP contribution in [0, 0.1) is 13.8 Å². The van der Waals surface area contributed by atoms with Crippen LogP contribution in [0.15, 0.2) is 41.3 Å². The maximum absolute atomic E-state index is 13.1. The van der Waals surface area contributed by atoms with Crippen LogP contribution in [-0.2, 0) is 16.6 Å². The largest absolute Gasteiger partial charge is 0.497 e. The molecule has 2 aromatic carbocycles. The Kier molecular flexibility index (Phi) is 6.11. The third-order valence-electron chi connectivity index (χ3n) is 4.95. The summed E-state index contributed by atoms with van der Waals surface area (Å²) in [5.41, 5.74) is 2.62. The number of hydrogen-bond acceptors (Lipinski definition) is 4. The van der Waals surface area contributed by atoms with E-state index in [1.165, 1.54) is 0 Å². The van der Waals surface area contributed by atoms with E-state index in [0.29, 0.717) is 41.7 Å². The molecule has 1 fully saturated rings. The number of methoxy groups -OCH3 is 1. The minimum Gasteiger partial charge on any atom is -0.497 e. The molecule has 7 heteroatoms. The number of halogens is 1. The van der Waals surface area contributed by atoms with Gasteiger partial charge in [0.05, 0.1) is 12.0 Å². The molecule has 0 unspecified atom stereocenters. The summed E-state index contributed by atoms with van der Waals surface area (Å²) in [6.07, 6.45) is 0. The number of ether oxygens (including phenoxy) is 1. The fraction of sp³-hybridized carbons (Fsp3) is 0.400. The van der Waals surface area contributed by atoms with Crippen LogP contribution < -0.4 is 4.74 Å². The number of nitrogens with zero attached hydrogens (tertiary/aromatic N) is 2. The second-order valence-electron chi connectivity index (χ2n) is 6.90. The summed E-state index contributed by atoms with van der Waals surface area (Å²) in [5.74, 6) is 0.835. The molecular weight excluding hydrogens is 384 g/mol. The molecule has 0 aliphatic carbocycles. The predicted octanol–water partition coefficient (Wildman–Crippen LogP) is 3.47. The molecule has 0 amide bonds. The van der Waals surface area contributed by atoms with E-state index in [-0.39, 0.29) is 0 Å². The van der Waals surface area contributed by atoms with Gasteiger partial charge in [-0.3, -0.25) is 4.90 Å². The molecule has 1 saturated heterocycles. The molecule has 2 aromatic rings. The van der Waals surface area contributed by atoms with Crippen LogP contribution in [0.5, 0.6) is 5.75 Å². The number of piperazine rings is 1. The minimum atomic E-state index is -3.51. The van der Waals surface area contributed by atoms with Crippen molar-refractivity contribution in [3.63, 3.8) is 0 Å². The Morgan fingerprint density at radius 3 is 2.41 bits per heavy atom. The van der Waals surface area contributed by atoms with Crippen molar-refractivity contribution in [1.29, 1.82) is 0 Å². The predicted molar refractivity (Wildman–Crippen MR) is 108 cm³/mol. The van der Waals surface area contributed by atoms with E-state index in [1.807, 2.05) is 25.1 Å². The summed E-state index contributed by atoms with van der Waals surface area (Å²) in [4.78, 5) is 2.62. The summed E-state index contributed by atoms with van der Waals surface area (Å²) >= 11 is 6.12. The highest BCUT2D eigenvalue weighted by molar-refractivity contribution is 7.89. The van der Waals surface area contributed by atoms with Crippen molar-refractivity contribution in [2.45, 2.75) is 25.3 Å². The number of benzene rings is 2. The van der Waals surface area contributed by atoms with Gasteiger partial charge < -0.3 is 4.74 Å². The Labute approximate surface area is 166 Å². The molecule has 0 radical (unpaired) electrons. The monoisotopic (exact) mass is 408 g/mol. The third kappa shape index (κ3) is 4.46. The molecule has 5 nitrogen and oxygen atoms in total. The van der Waals surface area contributed by atoms with Gasteiger partial charge in [-0.2, -0.15) is 4.31 Å². The number of hydrogen-bond donors (Lipinski definition) is 0. The smallest absolute Gasteiger partial charge is 0.243 e. The molecular formula is C20H25ClN2O3S. The summed E-state index contributed by atoms with van der Waals surface area (Å²) in [6.45, 7) is 6.75. The third-order valence-corrected chi connectivity index (χ3v) is 7.39. The maximum atomic E-state index is 13.1. The fourth-order valence-corrected chi connectivity index (χ4v) is 5.26. The Balaban J connectivity index is 1.68. The van der Waals surface area contributed by atoms with Gasteiger partial charge in [-0.15, -0.1) is 0 Å². The van der Waals surface area contributed by atoms with E-state index >= 15 is 0 Å². The van der Waals surface area contributed by atoms with Gasteiger partial charge in [-0.1, -0.05) is 23.7 Å². The molecule has 0 aromatic heterocycles. The maximum Gasteiger partial charge on any atom is 0.243 e. The SMILES string of the molecule is COc1cccc(CN2CCN(S(=O)(=O)c3cc(C)c(Cl)cc3C)CC2)c1. The van der Waals surface area contributed by atoms with Gasteiger partial charge in [-0.05, 0) is 54.8 Å². The Morgan fingerprint density at radius 1 is 1.04 bits per heavy atom. The van der Waals surface area contributed by atoms with Crippen LogP contribution in [-0.4, -0.2) is 50.9 Å². The van der Waals surface area contributed by atoms with Gasteiger partial charge in [0.15, 0.2) is 0 Å². The van der Waals surface area contributed by atoms with Crippen molar-refractivity contribution in [1.82, 2.24) is 9.21 Å². The van der Waals surface area contributed by atoms with E-state index < -0.39 is 10.0 Å². The first-order valence-corrected chi connectivity index (χ1v) is 10.8. The Hall–Kier alpha value is -1.60. The van der Waals surface area contributed by atoms with Crippen molar-refractivity contribution in [3.05, 3.63) is 58.1 Å². The number of sulfonamides is 1. The summed E-state index contributed by atoms with van der Waals surface area (Å²) < 4.78 is 33.0. The second kappa shape index (κ2) is 8.19. The van der Waals surface area contributed by atoms with Gasteiger partial charge in [0.1, 0.15) is 5.75 Å². The van der Waals surface area contributed by atoms with Gasteiger partial charge in [0.2, 0.25) is 10.0 Å². The summed E-state index contributed by atoms with van der Waals surface area (Å²) in [7, 11) is -1.85. The molecule has 0 bridgehead atoms. The van der Waals surface area contributed by atoms with Crippen molar-refractivity contribution >= 4 is 21.6 Å². The van der Waals surface area contributed by atoms with E-state index in [1.54, 1.807) is 30.5 Å². The first kappa shape index (κ1) is 20.1. The quantitative estimate of drug-likeness (QED) is 0.760. The van der Waals surface area contributed by atoms with Crippen molar-refractivity contribution in [3.8, 4) is 5.75 Å². The molecule has 1 aliphatic heterocycles. The average molecular weight is 409 g/mol. The zero-order valence-electron chi connectivity index (χ0n) is 15.9. The van der Waals surface area contributed by atoms with Crippen LogP contribution in [0.1, 0.15) is 16.7 Å². The lowest BCUT2D eigenvalue weighted by atomic mass is 10.2. The van der Waals surface area contributed by atoms with Crippen LogP contribution in [0.25, 0.3) is 0 Å². The lowest BCUT2D eigenvalue weighted by molar-refractivity contribution is 0.181. The van der Waals surface area contributed by atoms with Crippen LogP contribution in [0.2, 0.25) is 5.02 Å². The standard InChI is InChI=1S/C20H25ClN2O3S/c1-15-12-20(16(2)11-19(15)21)27(24,25)23-9-7-22(8-10-23)14-17-5-4-6-18(13-17)26-3/h4-6,11-13H,7-10,14H2,1-3H3. The van der Waals surface area contributed by atoms with E-state index in [4.69, 9.17) is 16.3 Å². The highest BCUT2D eigenvalue weighted by Crippen LogP contribution is 2.27. The molecule has 27 heavy (non-hydrogen) atoms. The van der Waals surface area contributed by atoms with E-state index in [9.17, 15) is 8.42 Å². The molecule has 146 valence electrons. The first-order chi connectivity index (χ1) is 12.8. The minimum absolute atomic E-state index is 0.352. The van der Waals surface area contributed by atoms with Crippen molar-refractivity contribution in [2.75, 3.05) is 33.3 Å². The van der Waals surface area contributed by atoms with Gasteiger partial charge >= 0.3 is 0 Å². The average Bonchev–Trinajstić information content (AvgIpc) is 2.65. The highest BCUT2D eigenvalue weighted by atomic mass is 35.5. The van der Waals surface area contributed by atoms with E-state index in [2.05, 4.69) is 11.0 Å². The molecule has 0 saturated carbocycles. The van der Waals surface area contributed by atoms with Gasteiger partial charge in [0, 0.05) is 37.7 Å². The number of aryl methyl sites for hydroxylation is 2. The fourth-order valence-electron chi connectivity index (χ4n) is 3.33. The summed E-state index contributed by atoms with van der Waals surface area (Å²) in [5, 5.41) is 0.592. The topological polar surface area (TPSA) is 49.9 Å². The van der Waals surface area contributed by atoms with Gasteiger partial charge in [0.25, 0.3) is 0 Å². The zero-order chi connectivity index (χ0) is 19.6.